The topological polar surface area (TPSA) is 68.6 Å². The lowest BCUT2D eigenvalue weighted by Crippen LogP contribution is -1.98. The Morgan fingerprint density at radius 1 is 0.607 bits per heavy atom. The Morgan fingerprint density at radius 3 is 1.82 bits per heavy atom. The first-order valence-electron chi connectivity index (χ1n) is 8.86. The van der Waals surface area contributed by atoms with Gasteiger partial charge >= 0.3 is 0 Å². The van der Waals surface area contributed by atoms with E-state index in [0.29, 0.717) is 22.6 Å². The van der Waals surface area contributed by atoms with Crippen LogP contribution in [0.1, 0.15) is 10.4 Å². The van der Waals surface area contributed by atoms with Gasteiger partial charge in [0.05, 0.1) is 34.0 Å². The molecule has 28 heavy (non-hydrogen) atoms. The summed E-state index contributed by atoms with van der Waals surface area (Å²) in [6.07, 6.45) is 2.55. The molecular weight excluding hydrogens is 348 g/mol. The second-order valence-electron chi connectivity index (χ2n) is 6.39. The second kappa shape index (κ2) is 6.63. The van der Waals surface area contributed by atoms with Gasteiger partial charge in [-0.15, -0.1) is 0 Å². The van der Waals surface area contributed by atoms with Gasteiger partial charge < -0.3 is 0 Å². The monoisotopic (exact) mass is 362 g/mol. The SMILES string of the molecule is O=Cc1ccc(-c2nc3ccccc3nc2-c2cnc3ccccc3n2)cc1. The summed E-state index contributed by atoms with van der Waals surface area (Å²) < 4.78 is 0. The van der Waals surface area contributed by atoms with Crippen LogP contribution in [-0.4, -0.2) is 26.2 Å². The van der Waals surface area contributed by atoms with Gasteiger partial charge in [-0.25, -0.2) is 15.0 Å². The molecule has 132 valence electrons. The maximum absolute atomic E-state index is 11.0. The normalized spacial score (nSPS) is 11.0. The third-order valence-electron chi connectivity index (χ3n) is 4.58. The predicted octanol–water partition coefficient (Wildman–Crippen LogP) is 4.72. The first-order chi connectivity index (χ1) is 13.8. The smallest absolute Gasteiger partial charge is 0.150 e. The number of fused-ring (bicyclic) bond motifs is 2. The molecule has 0 fully saturated rings. The van der Waals surface area contributed by atoms with E-state index in [2.05, 4.69) is 4.98 Å². The maximum Gasteiger partial charge on any atom is 0.150 e. The summed E-state index contributed by atoms with van der Waals surface area (Å²) in [6, 6.07) is 22.8. The van der Waals surface area contributed by atoms with Crippen LogP contribution < -0.4 is 0 Å². The molecule has 2 heterocycles. The number of benzene rings is 3. The highest BCUT2D eigenvalue weighted by molar-refractivity contribution is 5.87. The van der Waals surface area contributed by atoms with Crippen LogP contribution in [0, 0.1) is 0 Å². The molecule has 3 aromatic carbocycles. The van der Waals surface area contributed by atoms with Crippen LogP contribution in [0.15, 0.2) is 79.0 Å². The number of rotatable bonds is 3. The van der Waals surface area contributed by atoms with Gasteiger partial charge in [-0.1, -0.05) is 48.5 Å². The van der Waals surface area contributed by atoms with Crippen LogP contribution in [0.2, 0.25) is 0 Å². The Kier molecular flexibility index (Phi) is 3.84. The van der Waals surface area contributed by atoms with Gasteiger partial charge in [0.2, 0.25) is 0 Å². The first kappa shape index (κ1) is 16.2. The Bertz CT molecular complexity index is 1330. The van der Waals surface area contributed by atoms with Crippen LogP contribution in [0.3, 0.4) is 0 Å². The van der Waals surface area contributed by atoms with Gasteiger partial charge in [0, 0.05) is 11.1 Å². The Balaban J connectivity index is 1.78. The molecule has 2 aromatic heterocycles. The van der Waals surface area contributed by atoms with Crippen LogP contribution in [0.25, 0.3) is 44.7 Å². The van der Waals surface area contributed by atoms with Crippen LogP contribution in [0.4, 0.5) is 0 Å². The number of hydrogen-bond acceptors (Lipinski definition) is 5. The van der Waals surface area contributed by atoms with Crippen molar-refractivity contribution in [2.24, 2.45) is 0 Å². The minimum atomic E-state index is 0.615. The molecule has 5 aromatic rings. The Labute approximate surface area is 160 Å². The molecule has 0 aliphatic rings. The number of hydrogen-bond donors (Lipinski definition) is 0. The zero-order chi connectivity index (χ0) is 18.9. The minimum absolute atomic E-state index is 0.615. The summed E-state index contributed by atoms with van der Waals surface area (Å²) in [5, 5.41) is 0. The zero-order valence-electron chi connectivity index (χ0n) is 14.8. The van der Waals surface area contributed by atoms with Crippen molar-refractivity contribution in [2.75, 3.05) is 0 Å². The summed E-state index contributed by atoms with van der Waals surface area (Å²) in [5.41, 5.74) is 6.74. The summed E-state index contributed by atoms with van der Waals surface area (Å²) in [6.45, 7) is 0. The summed E-state index contributed by atoms with van der Waals surface area (Å²) in [4.78, 5) is 29.9. The van der Waals surface area contributed by atoms with Gasteiger partial charge in [-0.2, -0.15) is 0 Å². The van der Waals surface area contributed by atoms with Gasteiger partial charge in [0.25, 0.3) is 0 Å². The quantitative estimate of drug-likeness (QED) is 0.434. The van der Waals surface area contributed by atoms with Crippen LogP contribution in [0.5, 0.6) is 0 Å². The molecule has 0 saturated heterocycles. The molecule has 0 saturated carbocycles. The van der Waals surface area contributed by atoms with Gasteiger partial charge in [0.1, 0.15) is 17.7 Å². The van der Waals surface area contributed by atoms with Crippen LogP contribution >= 0.6 is 0 Å². The number of carbonyl (C=O) groups excluding carboxylic acids is 1. The molecule has 0 aliphatic heterocycles. The van der Waals surface area contributed by atoms with E-state index in [4.69, 9.17) is 15.0 Å². The lowest BCUT2D eigenvalue weighted by atomic mass is 10.1. The Morgan fingerprint density at radius 2 is 1.18 bits per heavy atom. The fraction of sp³-hybridized carbons (Fsp3) is 0. The summed E-state index contributed by atoms with van der Waals surface area (Å²) >= 11 is 0. The molecule has 5 nitrogen and oxygen atoms in total. The van der Waals surface area contributed by atoms with Crippen molar-refractivity contribution in [1.82, 2.24) is 19.9 Å². The minimum Gasteiger partial charge on any atom is -0.298 e. The molecule has 5 rings (SSSR count). The van der Waals surface area contributed by atoms with Gasteiger partial charge in [0.15, 0.2) is 0 Å². The molecular formula is C23H14N4O. The highest BCUT2D eigenvalue weighted by Gasteiger charge is 2.15. The zero-order valence-corrected chi connectivity index (χ0v) is 14.8. The fourth-order valence-corrected chi connectivity index (χ4v) is 3.17. The Hall–Kier alpha value is -3.99. The first-order valence-corrected chi connectivity index (χ1v) is 8.86. The van der Waals surface area contributed by atoms with Crippen molar-refractivity contribution in [3.05, 3.63) is 84.6 Å². The number of aromatic nitrogens is 4. The van der Waals surface area contributed by atoms with E-state index in [-0.39, 0.29) is 0 Å². The molecule has 0 N–H and O–H groups in total. The molecule has 0 atom stereocenters. The van der Waals surface area contributed by atoms with E-state index in [9.17, 15) is 4.79 Å². The van der Waals surface area contributed by atoms with E-state index >= 15 is 0 Å². The van der Waals surface area contributed by atoms with Crippen molar-refractivity contribution in [3.63, 3.8) is 0 Å². The van der Waals surface area contributed by atoms with Gasteiger partial charge in [-0.05, 0) is 24.3 Å². The molecule has 0 amide bonds. The molecule has 0 spiro atoms. The van der Waals surface area contributed by atoms with Crippen molar-refractivity contribution < 1.29 is 4.79 Å². The van der Waals surface area contributed by atoms with Crippen molar-refractivity contribution in [2.45, 2.75) is 0 Å². The molecule has 5 heteroatoms. The average Bonchev–Trinajstić information content (AvgIpc) is 2.78. The average molecular weight is 362 g/mol. The summed E-state index contributed by atoms with van der Waals surface area (Å²) in [5.74, 6) is 0. The van der Waals surface area contributed by atoms with E-state index < -0.39 is 0 Å². The third-order valence-corrected chi connectivity index (χ3v) is 4.58. The van der Waals surface area contributed by atoms with Crippen molar-refractivity contribution in [3.8, 4) is 22.6 Å². The van der Waals surface area contributed by atoms with E-state index in [0.717, 1.165) is 33.9 Å². The lowest BCUT2D eigenvalue weighted by Gasteiger charge is -2.10. The molecule has 0 bridgehead atoms. The molecule has 0 radical (unpaired) electrons. The highest BCUT2D eigenvalue weighted by atomic mass is 16.1. The maximum atomic E-state index is 11.0. The second-order valence-corrected chi connectivity index (χ2v) is 6.39. The number of nitrogens with zero attached hydrogens (tertiary/aromatic N) is 4. The summed E-state index contributed by atoms with van der Waals surface area (Å²) in [7, 11) is 0. The number of para-hydroxylation sites is 4. The van der Waals surface area contributed by atoms with E-state index in [1.54, 1.807) is 18.3 Å². The van der Waals surface area contributed by atoms with Crippen molar-refractivity contribution in [1.29, 1.82) is 0 Å². The third kappa shape index (κ3) is 2.79. The van der Waals surface area contributed by atoms with E-state index in [1.165, 1.54) is 0 Å². The standard InChI is InChI=1S/C23H14N4O/c28-14-15-9-11-16(12-10-15)22-23(27-20-8-4-3-7-19(20)26-22)21-13-24-17-5-1-2-6-18(17)25-21/h1-14H. The predicted molar refractivity (Wildman–Crippen MR) is 109 cm³/mol. The fourth-order valence-electron chi connectivity index (χ4n) is 3.17. The lowest BCUT2D eigenvalue weighted by molar-refractivity contribution is 0.112. The van der Waals surface area contributed by atoms with Crippen molar-refractivity contribution >= 4 is 28.4 Å². The highest BCUT2D eigenvalue weighted by Crippen LogP contribution is 2.30. The largest absolute Gasteiger partial charge is 0.298 e. The number of aldehydes is 1. The van der Waals surface area contributed by atoms with Crippen LogP contribution in [-0.2, 0) is 0 Å². The van der Waals surface area contributed by atoms with Gasteiger partial charge in [-0.3, -0.25) is 9.78 Å². The van der Waals surface area contributed by atoms with E-state index in [1.807, 2.05) is 60.7 Å². The molecule has 0 unspecified atom stereocenters. The number of carbonyl (C=O) groups is 1. The molecule has 0 aliphatic carbocycles.